The summed E-state index contributed by atoms with van der Waals surface area (Å²) in [7, 11) is 2.05. The molecule has 21 heavy (non-hydrogen) atoms. The summed E-state index contributed by atoms with van der Waals surface area (Å²) in [6, 6.07) is 0.00113. The second-order valence-electron chi connectivity index (χ2n) is 6.55. The van der Waals surface area contributed by atoms with Crippen LogP contribution in [0.3, 0.4) is 0 Å². The number of nitrogens with zero attached hydrogens (tertiary/aromatic N) is 1. The van der Waals surface area contributed by atoms with E-state index in [1.165, 1.54) is 0 Å². The number of amides is 2. The molecule has 122 valence electrons. The van der Waals surface area contributed by atoms with Crippen molar-refractivity contribution in [1.82, 2.24) is 15.5 Å². The Morgan fingerprint density at radius 3 is 2.67 bits per heavy atom. The maximum Gasteiger partial charge on any atom is 0.315 e. The van der Waals surface area contributed by atoms with E-state index in [1.54, 1.807) is 0 Å². The number of piperidine rings is 1. The van der Waals surface area contributed by atoms with Crippen LogP contribution in [0.15, 0.2) is 0 Å². The molecule has 0 radical (unpaired) electrons. The number of hydrogen-bond donors (Lipinski definition) is 3. The van der Waals surface area contributed by atoms with Crippen LogP contribution < -0.4 is 10.6 Å². The van der Waals surface area contributed by atoms with Gasteiger partial charge in [0.15, 0.2) is 0 Å². The fraction of sp³-hybridized carbons (Fsp3) is 0.867. The summed E-state index contributed by atoms with van der Waals surface area (Å²) in [5.41, 5.74) is 0. The number of carbonyl (C=O) groups excluding carboxylic acids is 1. The van der Waals surface area contributed by atoms with Gasteiger partial charge in [0.2, 0.25) is 0 Å². The van der Waals surface area contributed by atoms with Crippen molar-refractivity contribution >= 4 is 12.0 Å². The Balaban J connectivity index is 2.32. The number of aliphatic carboxylic acids is 1. The van der Waals surface area contributed by atoms with E-state index < -0.39 is 5.97 Å². The van der Waals surface area contributed by atoms with E-state index in [9.17, 15) is 9.59 Å². The number of likely N-dealkylation sites (tertiary alicyclic amines) is 1. The van der Waals surface area contributed by atoms with Crippen LogP contribution in [0.2, 0.25) is 0 Å². The van der Waals surface area contributed by atoms with E-state index >= 15 is 0 Å². The van der Waals surface area contributed by atoms with Gasteiger partial charge in [0.1, 0.15) is 0 Å². The quantitative estimate of drug-likeness (QED) is 0.665. The lowest BCUT2D eigenvalue weighted by atomic mass is 9.94. The van der Waals surface area contributed by atoms with Crippen LogP contribution >= 0.6 is 0 Å². The number of likely N-dealkylation sites (N-methyl/N-ethyl adjacent to an activating group) is 1. The van der Waals surface area contributed by atoms with Crippen LogP contribution in [-0.2, 0) is 4.79 Å². The molecule has 0 aliphatic carbocycles. The van der Waals surface area contributed by atoms with Gasteiger partial charge in [0.05, 0.1) is 0 Å². The second-order valence-corrected chi connectivity index (χ2v) is 6.55. The van der Waals surface area contributed by atoms with Crippen molar-refractivity contribution in [3.05, 3.63) is 0 Å². The molecular weight excluding hydrogens is 270 g/mol. The van der Waals surface area contributed by atoms with Gasteiger partial charge < -0.3 is 20.6 Å². The molecule has 1 unspecified atom stereocenters. The minimum absolute atomic E-state index is 0.0118. The Kier molecular flexibility index (Phi) is 7.50. The molecule has 0 aromatic carbocycles. The summed E-state index contributed by atoms with van der Waals surface area (Å²) in [6.45, 7) is 6.49. The summed E-state index contributed by atoms with van der Waals surface area (Å²) in [5, 5.41) is 14.7. The monoisotopic (exact) mass is 299 g/mol. The average Bonchev–Trinajstić information content (AvgIpc) is 2.34. The fourth-order valence-corrected chi connectivity index (χ4v) is 2.91. The standard InChI is InChI=1S/C15H29N3O3/c1-11(2)7-12(8-14(19)20)9-16-15(21)17-13-5-4-6-18(3)10-13/h11-13H,4-10H2,1-3H3,(H,19,20)(H2,16,17,21)/t12-,13?/m0/s1. The van der Waals surface area contributed by atoms with Crippen LogP contribution in [0.1, 0.15) is 39.5 Å². The van der Waals surface area contributed by atoms with Crippen molar-refractivity contribution in [2.45, 2.75) is 45.6 Å². The number of nitrogens with one attached hydrogen (secondary N) is 2. The van der Waals surface area contributed by atoms with E-state index in [0.717, 1.165) is 32.4 Å². The van der Waals surface area contributed by atoms with Gasteiger partial charge in [-0.15, -0.1) is 0 Å². The Hall–Kier alpha value is -1.30. The van der Waals surface area contributed by atoms with Gasteiger partial charge in [-0.05, 0) is 44.7 Å². The highest BCUT2D eigenvalue weighted by Gasteiger charge is 2.20. The van der Waals surface area contributed by atoms with Crippen molar-refractivity contribution in [1.29, 1.82) is 0 Å². The summed E-state index contributed by atoms with van der Waals surface area (Å²) in [6.07, 6.45) is 3.00. The van der Waals surface area contributed by atoms with Gasteiger partial charge in [0.25, 0.3) is 0 Å². The molecule has 6 heteroatoms. The Morgan fingerprint density at radius 2 is 2.10 bits per heavy atom. The molecule has 2 amide bonds. The first kappa shape index (κ1) is 17.8. The fourth-order valence-electron chi connectivity index (χ4n) is 2.91. The zero-order valence-corrected chi connectivity index (χ0v) is 13.4. The first-order valence-corrected chi connectivity index (χ1v) is 7.81. The maximum atomic E-state index is 11.9. The van der Waals surface area contributed by atoms with E-state index in [0.29, 0.717) is 12.5 Å². The summed E-state index contributed by atoms with van der Waals surface area (Å²) >= 11 is 0. The number of hydrogen-bond acceptors (Lipinski definition) is 3. The molecule has 0 aromatic rings. The third kappa shape index (κ3) is 7.90. The molecule has 2 atom stereocenters. The second kappa shape index (κ2) is 8.87. The lowest BCUT2D eigenvalue weighted by molar-refractivity contribution is -0.138. The third-order valence-electron chi connectivity index (χ3n) is 3.78. The number of rotatable bonds is 7. The van der Waals surface area contributed by atoms with E-state index in [2.05, 4.69) is 36.4 Å². The normalized spacial score (nSPS) is 21.0. The first-order valence-electron chi connectivity index (χ1n) is 7.81. The van der Waals surface area contributed by atoms with Crippen LogP contribution in [0.25, 0.3) is 0 Å². The first-order chi connectivity index (χ1) is 9.86. The van der Waals surface area contributed by atoms with E-state index in [-0.39, 0.29) is 24.4 Å². The highest BCUT2D eigenvalue weighted by molar-refractivity contribution is 5.74. The maximum absolute atomic E-state index is 11.9. The highest BCUT2D eigenvalue weighted by Crippen LogP contribution is 2.14. The van der Waals surface area contributed by atoms with Gasteiger partial charge >= 0.3 is 12.0 Å². The van der Waals surface area contributed by atoms with Crippen LogP contribution in [0, 0.1) is 11.8 Å². The Morgan fingerprint density at radius 1 is 1.38 bits per heavy atom. The molecule has 1 heterocycles. The molecule has 3 N–H and O–H groups in total. The minimum atomic E-state index is -0.809. The zero-order chi connectivity index (χ0) is 15.8. The Labute approximate surface area is 127 Å². The number of urea groups is 1. The van der Waals surface area contributed by atoms with Crippen molar-refractivity contribution in [2.75, 3.05) is 26.7 Å². The number of carboxylic acid groups (broad SMARTS) is 1. The topological polar surface area (TPSA) is 81.7 Å². The van der Waals surface area contributed by atoms with E-state index in [4.69, 9.17) is 5.11 Å². The number of carbonyl (C=O) groups is 2. The van der Waals surface area contributed by atoms with Gasteiger partial charge in [-0.25, -0.2) is 4.79 Å². The highest BCUT2D eigenvalue weighted by atomic mass is 16.4. The molecule has 1 aliphatic rings. The van der Waals surface area contributed by atoms with Crippen molar-refractivity contribution in [2.24, 2.45) is 11.8 Å². The molecule has 0 spiro atoms. The molecule has 1 saturated heterocycles. The third-order valence-corrected chi connectivity index (χ3v) is 3.78. The lowest BCUT2D eigenvalue weighted by Crippen LogP contribution is -2.50. The molecule has 1 aliphatic heterocycles. The minimum Gasteiger partial charge on any atom is -0.481 e. The molecule has 6 nitrogen and oxygen atoms in total. The van der Waals surface area contributed by atoms with Crippen molar-refractivity contribution in [3.63, 3.8) is 0 Å². The van der Waals surface area contributed by atoms with Gasteiger partial charge in [0, 0.05) is 25.6 Å². The van der Waals surface area contributed by atoms with Gasteiger partial charge in [-0.2, -0.15) is 0 Å². The van der Waals surface area contributed by atoms with Crippen LogP contribution in [0.5, 0.6) is 0 Å². The predicted molar refractivity (Wildman–Crippen MR) is 82.3 cm³/mol. The van der Waals surface area contributed by atoms with Crippen LogP contribution in [0.4, 0.5) is 4.79 Å². The van der Waals surface area contributed by atoms with Crippen molar-refractivity contribution in [3.8, 4) is 0 Å². The molecular formula is C15H29N3O3. The number of carboxylic acids is 1. The lowest BCUT2D eigenvalue weighted by Gasteiger charge is -2.30. The van der Waals surface area contributed by atoms with E-state index in [1.807, 2.05) is 0 Å². The Bertz CT molecular complexity index is 347. The smallest absolute Gasteiger partial charge is 0.315 e. The molecule has 0 saturated carbocycles. The summed E-state index contributed by atoms with van der Waals surface area (Å²) in [4.78, 5) is 25.0. The van der Waals surface area contributed by atoms with Gasteiger partial charge in [-0.3, -0.25) is 4.79 Å². The zero-order valence-electron chi connectivity index (χ0n) is 13.4. The van der Waals surface area contributed by atoms with Crippen LogP contribution in [-0.4, -0.2) is 54.7 Å². The van der Waals surface area contributed by atoms with Gasteiger partial charge in [-0.1, -0.05) is 13.8 Å². The largest absolute Gasteiger partial charge is 0.481 e. The molecule has 0 bridgehead atoms. The summed E-state index contributed by atoms with van der Waals surface area (Å²) < 4.78 is 0. The van der Waals surface area contributed by atoms with Crippen molar-refractivity contribution < 1.29 is 14.7 Å². The SMILES string of the molecule is CC(C)C[C@H](CNC(=O)NC1CCCN(C)C1)CC(=O)O. The summed E-state index contributed by atoms with van der Waals surface area (Å²) in [5.74, 6) is -0.398. The molecule has 1 rings (SSSR count). The molecule has 1 fully saturated rings. The average molecular weight is 299 g/mol. The molecule has 0 aromatic heterocycles. The predicted octanol–water partition coefficient (Wildman–Crippen LogP) is 1.52.